The maximum Gasteiger partial charge on any atom is 0.330 e. The van der Waals surface area contributed by atoms with Gasteiger partial charge in [-0.05, 0) is 32.4 Å². The Bertz CT molecular complexity index is 781. The van der Waals surface area contributed by atoms with Crippen LogP contribution in [0.4, 0.5) is 0 Å². The van der Waals surface area contributed by atoms with E-state index in [1.165, 1.54) is 18.4 Å². The van der Waals surface area contributed by atoms with Gasteiger partial charge in [0, 0.05) is 32.9 Å². The highest BCUT2D eigenvalue weighted by Crippen LogP contribution is 2.20. The van der Waals surface area contributed by atoms with Crippen LogP contribution in [0.25, 0.3) is 0 Å². The Morgan fingerprint density at radius 3 is 2.38 bits per heavy atom. The average molecular weight is 381 g/mol. The van der Waals surface area contributed by atoms with Crippen LogP contribution >= 0.6 is 12.4 Å². The fourth-order valence-electron chi connectivity index (χ4n) is 2.89. The molecule has 0 aromatic carbocycles. The van der Waals surface area contributed by atoms with E-state index in [0.717, 1.165) is 28.4 Å². The van der Waals surface area contributed by atoms with E-state index < -0.39 is 21.3 Å². The lowest BCUT2D eigenvalue weighted by Crippen LogP contribution is -2.49. The molecule has 0 amide bonds. The highest BCUT2D eigenvalue weighted by atomic mass is 35.5. The van der Waals surface area contributed by atoms with E-state index in [2.05, 4.69) is 5.32 Å². The Labute approximate surface area is 147 Å². The van der Waals surface area contributed by atoms with Gasteiger partial charge in [0.1, 0.15) is 0 Å². The standard InChI is InChI=1S/C14H24N4O4S.ClH/c1-4-9-18(11-5-7-15-8-6-11)23(21,22)12-10-16(2)14(20)17(3)13(12)19;/h10-11,15H,4-9H2,1-3H3;1H. The number of nitrogens with zero attached hydrogens (tertiary/aromatic N) is 3. The molecular weight excluding hydrogens is 356 g/mol. The molecule has 0 aliphatic carbocycles. The molecule has 0 atom stereocenters. The van der Waals surface area contributed by atoms with E-state index in [9.17, 15) is 18.0 Å². The van der Waals surface area contributed by atoms with Gasteiger partial charge in [0.25, 0.3) is 5.56 Å². The zero-order chi connectivity index (χ0) is 17.2. The number of nitrogens with one attached hydrogen (secondary N) is 1. The molecule has 1 saturated heterocycles. The third-order valence-electron chi connectivity index (χ3n) is 4.16. The lowest BCUT2D eigenvalue weighted by molar-refractivity contribution is 0.262. The summed E-state index contributed by atoms with van der Waals surface area (Å²) in [6.07, 6.45) is 3.22. The van der Waals surface area contributed by atoms with Gasteiger partial charge < -0.3 is 9.88 Å². The molecule has 138 valence electrons. The molecule has 2 heterocycles. The summed E-state index contributed by atoms with van der Waals surface area (Å²) in [4.78, 5) is 23.7. The van der Waals surface area contributed by atoms with Crippen molar-refractivity contribution >= 4 is 22.4 Å². The number of sulfonamides is 1. The minimum Gasteiger partial charge on any atom is -0.317 e. The van der Waals surface area contributed by atoms with Crippen molar-refractivity contribution < 1.29 is 8.42 Å². The molecule has 24 heavy (non-hydrogen) atoms. The van der Waals surface area contributed by atoms with Gasteiger partial charge in [-0.1, -0.05) is 6.92 Å². The van der Waals surface area contributed by atoms with E-state index in [1.54, 1.807) is 0 Å². The minimum atomic E-state index is -3.94. The first kappa shape index (κ1) is 20.9. The lowest BCUT2D eigenvalue weighted by Gasteiger charge is -2.33. The minimum absolute atomic E-state index is 0. The summed E-state index contributed by atoms with van der Waals surface area (Å²) in [5.41, 5.74) is -1.32. The molecule has 0 radical (unpaired) electrons. The number of piperidine rings is 1. The van der Waals surface area contributed by atoms with Gasteiger partial charge in [0.15, 0.2) is 4.90 Å². The second-order valence-electron chi connectivity index (χ2n) is 5.85. The second kappa shape index (κ2) is 8.28. The third kappa shape index (κ3) is 3.90. The normalized spacial score (nSPS) is 16.2. The first-order valence-corrected chi connectivity index (χ1v) is 9.24. The summed E-state index contributed by atoms with van der Waals surface area (Å²) in [5, 5.41) is 3.21. The first-order valence-electron chi connectivity index (χ1n) is 7.80. The Hall–Kier alpha value is -1.16. The number of aryl methyl sites for hydroxylation is 1. The topological polar surface area (TPSA) is 93.4 Å². The fraction of sp³-hybridized carbons (Fsp3) is 0.714. The SMILES string of the molecule is CCCN(C1CCNCC1)S(=O)(=O)c1cn(C)c(=O)n(C)c1=O.Cl. The van der Waals surface area contributed by atoms with Gasteiger partial charge in [-0.15, -0.1) is 12.4 Å². The zero-order valence-corrected chi connectivity index (χ0v) is 15.8. The maximum absolute atomic E-state index is 13.0. The van der Waals surface area contributed by atoms with Gasteiger partial charge >= 0.3 is 5.69 Å². The van der Waals surface area contributed by atoms with E-state index in [0.29, 0.717) is 25.8 Å². The second-order valence-corrected chi connectivity index (χ2v) is 7.71. The number of rotatable bonds is 5. The summed E-state index contributed by atoms with van der Waals surface area (Å²) < 4.78 is 29.5. The van der Waals surface area contributed by atoms with Crippen LogP contribution in [-0.4, -0.2) is 47.5 Å². The van der Waals surface area contributed by atoms with Crippen molar-refractivity contribution in [2.75, 3.05) is 19.6 Å². The molecule has 0 unspecified atom stereocenters. The highest BCUT2D eigenvalue weighted by molar-refractivity contribution is 7.89. The molecule has 1 aliphatic rings. The Morgan fingerprint density at radius 1 is 1.25 bits per heavy atom. The molecule has 2 rings (SSSR count). The summed E-state index contributed by atoms with van der Waals surface area (Å²) in [6, 6.07) is -0.122. The van der Waals surface area contributed by atoms with Crippen LogP contribution in [-0.2, 0) is 24.1 Å². The molecule has 1 aromatic rings. The van der Waals surface area contributed by atoms with Crippen molar-refractivity contribution in [3.8, 4) is 0 Å². The highest BCUT2D eigenvalue weighted by Gasteiger charge is 2.34. The third-order valence-corrected chi connectivity index (χ3v) is 6.10. The van der Waals surface area contributed by atoms with Crippen LogP contribution in [0.3, 0.4) is 0 Å². The Kier molecular flexibility index (Phi) is 7.21. The summed E-state index contributed by atoms with van der Waals surface area (Å²) in [5.74, 6) is 0. The monoisotopic (exact) mass is 380 g/mol. The van der Waals surface area contributed by atoms with Crippen molar-refractivity contribution in [1.29, 1.82) is 0 Å². The number of hydrogen-bond donors (Lipinski definition) is 1. The molecule has 1 aromatic heterocycles. The average Bonchev–Trinajstić information content (AvgIpc) is 2.54. The van der Waals surface area contributed by atoms with Crippen LogP contribution in [0.1, 0.15) is 26.2 Å². The van der Waals surface area contributed by atoms with Gasteiger partial charge in [0.05, 0.1) is 0 Å². The van der Waals surface area contributed by atoms with Crippen LogP contribution < -0.4 is 16.6 Å². The first-order chi connectivity index (χ1) is 10.8. The molecular formula is C14H25ClN4O4S. The van der Waals surface area contributed by atoms with Crippen LogP contribution in [0.5, 0.6) is 0 Å². The van der Waals surface area contributed by atoms with E-state index in [-0.39, 0.29) is 23.3 Å². The zero-order valence-electron chi connectivity index (χ0n) is 14.2. The largest absolute Gasteiger partial charge is 0.330 e. The van der Waals surface area contributed by atoms with E-state index in [4.69, 9.17) is 0 Å². The van der Waals surface area contributed by atoms with E-state index >= 15 is 0 Å². The number of hydrogen-bond acceptors (Lipinski definition) is 5. The van der Waals surface area contributed by atoms with E-state index in [1.807, 2.05) is 6.92 Å². The molecule has 1 aliphatic heterocycles. The van der Waals surface area contributed by atoms with Crippen molar-refractivity contribution in [2.45, 2.75) is 37.1 Å². The molecule has 1 fully saturated rings. The fourth-order valence-corrected chi connectivity index (χ4v) is 4.82. The quantitative estimate of drug-likeness (QED) is 0.754. The smallest absolute Gasteiger partial charge is 0.317 e. The molecule has 1 N–H and O–H groups in total. The Morgan fingerprint density at radius 2 is 1.83 bits per heavy atom. The van der Waals surface area contributed by atoms with Crippen molar-refractivity contribution in [1.82, 2.24) is 18.8 Å². The lowest BCUT2D eigenvalue weighted by atomic mass is 10.1. The summed E-state index contributed by atoms with van der Waals surface area (Å²) >= 11 is 0. The predicted molar refractivity (Wildman–Crippen MR) is 94.2 cm³/mol. The van der Waals surface area contributed by atoms with Gasteiger partial charge in [-0.3, -0.25) is 9.36 Å². The van der Waals surface area contributed by atoms with Crippen molar-refractivity contribution in [2.24, 2.45) is 14.1 Å². The number of halogens is 1. The molecule has 8 nitrogen and oxygen atoms in total. The predicted octanol–water partition coefficient (Wildman–Crippen LogP) is -0.341. The summed E-state index contributed by atoms with van der Waals surface area (Å²) in [6.45, 7) is 3.78. The maximum atomic E-state index is 13.0. The molecule has 0 bridgehead atoms. The van der Waals surface area contributed by atoms with Crippen molar-refractivity contribution in [3.05, 3.63) is 27.0 Å². The van der Waals surface area contributed by atoms with Gasteiger partial charge in [-0.2, -0.15) is 4.31 Å². The van der Waals surface area contributed by atoms with Gasteiger partial charge in [0.2, 0.25) is 10.0 Å². The van der Waals surface area contributed by atoms with Crippen LogP contribution in [0.2, 0.25) is 0 Å². The molecule has 0 spiro atoms. The van der Waals surface area contributed by atoms with Crippen molar-refractivity contribution in [3.63, 3.8) is 0 Å². The summed E-state index contributed by atoms with van der Waals surface area (Å²) in [7, 11) is -1.21. The molecule has 0 saturated carbocycles. The molecule has 10 heteroatoms. The van der Waals surface area contributed by atoms with Crippen LogP contribution in [0, 0.1) is 0 Å². The Balaban J connectivity index is 0.00000288. The van der Waals surface area contributed by atoms with Gasteiger partial charge in [-0.25, -0.2) is 13.2 Å². The van der Waals surface area contributed by atoms with Crippen LogP contribution in [0.15, 0.2) is 20.7 Å². The number of aromatic nitrogens is 2.